The molecular weight excluding hydrogens is 274 g/mol. The SMILES string of the molecule is CN(CC(N)=O)C(=O)Nc1cc(C(=O)O)ccc1Cl. The maximum absolute atomic E-state index is 11.7. The Morgan fingerprint density at radius 3 is 2.58 bits per heavy atom. The fourth-order valence-corrected chi connectivity index (χ4v) is 1.44. The Balaban J connectivity index is 2.86. The average molecular weight is 286 g/mol. The van der Waals surface area contributed by atoms with E-state index in [1.807, 2.05) is 0 Å². The number of hydrogen-bond acceptors (Lipinski definition) is 3. The molecule has 0 aliphatic rings. The Labute approximate surface area is 113 Å². The normalized spacial score (nSPS) is 9.79. The van der Waals surface area contributed by atoms with Crippen LogP contribution in [0.4, 0.5) is 10.5 Å². The summed E-state index contributed by atoms with van der Waals surface area (Å²) in [6.07, 6.45) is 0. The third-order valence-electron chi connectivity index (χ3n) is 2.19. The van der Waals surface area contributed by atoms with Gasteiger partial charge < -0.3 is 21.1 Å². The molecule has 7 nitrogen and oxygen atoms in total. The molecule has 0 saturated heterocycles. The van der Waals surface area contributed by atoms with Crippen LogP contribution < -0.4 is 11.1 Å². The second-order valence-electron chi connectivity index (χ2n) is 3.75. The van der Waals surface area contributed by atoms with E-state index in [1.54, 1.807) is 0 Å². The molecule has 0 atom stereocenters. The van der Waals surface area contributed by atoms with Gasteiger partial charge in [0.2, 0.25) is 5.91 Å². The van der Waals surface area contributed by atoms with Gasteiger partial charge in [0, 0.05) is 7.05 Å². The summed E-state index contributed by atoms with van der Waals surface area (Å²) in [6, 6.07) is 3.27. The smallest absolute Gasteiger partial charge is 0.335 e. The monoisotopic (exact) mass is 285 g/mol. The Morgan fingerprint density at radius 1 is 1.42 bits per heavy atom. The zero-order valence-corrected chi connectivity index (χ0v) is 10.8. The second kappa shape index (κ2) is 6.05. The van der Waals surface area contributed by atoms with Crippen molar-refractivity contribution in [1.29, 1.82) is 0 Å². The molecule has 0 spiro atoms. The minimum absolute atomic E-state index is 0.0164. The van der Waals surface area contributed by atoms with E-state index in [1.165, 1.54) is 25.2 Å². The lowest BCUT2D eigenvalue weighted by Gasteiger charge is -2.16. The zero-order chi connectivity index (χ0) is 14.6. The van der Waals surface area contributed by atoms with Gasteiger partial charge in [-0.05, 0) is 18.2 Å². The van der Waals surface area contributed by atoms with E-state index >= 15 is 0 Å². The number of carbonyl (C=O) groups excluding carboxylic acids is 2. The molecule has 0 fully saturated rings. The van der Waals surface area contributed by atoms with E-state index in [2.05, 4.69) is 5.32 Å². The average Bonchev–Trinajstić information content (AvgIpc) is 2.30. The number of nitrogens with two attached hydrogens (primary N) is 1. The third-order valence-corrected chi connectivity index (χ3v) is 2.52. The Morgan fingerprint density at radius 2 is 2.05 bits per heavy atom. The molecule has 19 heavy (non-hydrogen) atoms. The molecule has 0 unspecified atom stereocenters. The summed E-state index contributed by atoms with van der Waals surface area (Å²) in [7, 11) is 1.37. The van der Waals surface area contributed by atoms with Crippen LogP contribution in [-0.2, 0) is 4.79 Å². The van der Waals surface area contributed by atoms with Crippen LogP contribution in [0, 0.1) is 0 Å². The van der Waals surface area contributed by atoms with Gasteiger partial charge in [0.1, 0.15) is 6.54 Å². The predicted molar refractivity (Wildman–Crippen MR) is 69.3 cm³/mol. The van der Waals surface area contributed by atoms with Crippen molar-refractivity contribution in [2.75, 3.05) is 18.9 Å². The van der Waals surface area contributed by atoms with Gasteiger partial charge in [-0.3, -0.25) is 4.79 Å². The van der Waals surface area contributed by atoms with Crippen molar-refractivity contribution in [2.45, 2.75) is 0 Å². The molecule has 3 amide bonds. The number of urea groups is 1. The van der Waals surface area contributed by atoms with Crippen molar-refractivity contribution < 1.29 is 19.5 Å². The van der Waals surface area contributed by atoms with Crippen molar-refractivity contribution in [3.05, 3.63) is 28.8 Å². The largest absolute Gasteiger partial charge is 0.478 e. The number of primary amides is 1. The van der Waals surface area contributed by atoms with Crippen LogP contribution in [0.25, 0.3) is 0 Å². The number of aromatic carboxylic acids is 1. The van der Waals surface area contributed by atoms with E-state index in [4.69, 9.17) is 22.4 Å². The minimum atomic E-state index is -1.14. The van der Waals surface area contributed by atoms with Gasteiger partial charge in [-0.1, -0.05) is 11.6 Å². The quantitative estimate of drug-likeness (QED) is 0.765. The minimum Gasteiger partial charge on any atom is -0.478 e. The van der Waals surface area contributed by atoms with Crippen molar-refractivity contribution in [2.24, 2.45) is 5.73 Å². The fourth-order valence-electron chi connectivity index (χ4n) is 1.27. The fraction of sp³-hybridized carbons (Fsp3) is 0.182. The van der Waals surface area contributed by atoms with Gasteiger partial charge in [-0.25, -0.2) is 9.59 Å². The molecule has 0 radical (unpaired) electrons. The second-order valence-corrected chi connectivity index (χ2v) is 4.16. The van der Waals surface area contributed by atoms with Crippen molar-refractivity contribution in [3.8, 4) is 0 Å². The third kappa shape index (κ3) is 4.14. The summed E-state index contributed by atoms with van der Waals surface area (Å²) in [6.45, 7) is -0.262. The Bertz CT molecular complexity index is 533. The molecule has 8 heteroatoms. The van der Waals surface area contributed by atoms with Crippen LogP contribution in [0.2, 0.25) is 5.02 Å². The van der Waals surface area contributed by atoms with Crippen LogP contribution in [-0.4, -0.2) is 41.5 Å². The number of anilines is 1. The molecule has 1 aromatic rings. The molecular formula is C11H12ClN3O4. The summed E-state index contributed by atoms with van der Waals surface area (Å²) < 4.78 is 0. The first-order valence-electron chi connectivity index (χ1n) is 5.14. The number of halogens is 1. The van der Waals surface area contributed by atoms with Crippen LogP contribution in [0.1, 0.15) is 10.4 Å². The maximum Gasteiger partial charge on any atom is 0.335 e. The van der Waals surface area contributed by atoms with Gasteiger partial charge in [0.15, 0.2) is 0 Å². The number of rotatable bonds is 4. The first-order chi connectivity index (χ1) is 8.81. The molecule has 1 rings (SSSR count). The van der Waals surface area contributed by atoms with Crippen LogP contribution in [0.5, 0.6) is 0 Å². The van der Waals surface area contributed by atoms with Gasteiger partial charge in [0.25, 0.3) is 0 Å². The van der Waals surface area contributed by atoms with Crippen LogP contribution in [0.15, 0.2) is 18.2 Å². The highest BCUT2D eigenvalue weighted by Crippen LogP contribution is 2.23. The zero-order valence-electron chi connectivity index (χ0n) is 10.0. The lowest BCUT2D eigenvalue weighted by Crippen LogP contribution is -2.38. The van der Waals surface area contributed by atoms with E-state index in [0.717, 1.165) is 4.90 Å². The summed E-state index contributed by atoms with van der Waals surface area (Å²) in [5, 5.41) is 11.4. The highest BCUT2D eigenvalue weighted by molar-refractivity contribution is 6.33. The predicted octanol–water partition coefficient (Wildman–Crippen LogP) is 0.987. The molecule has 102 valence electrons. The molecule has 0 aliphatic heterocycles. The summed E-state index contributed by atoms with van der Waals surface area (Å²) >= 11 is 5.84. The van der Waals surface area contributed by atoms with E-state index < -0.39 is 17.9 Å². The molecule has 1 aromatic carbocycles. The molecule has 0 bridgehead atoms. The molecule has 4 N–H and O–H groups in total. The van der Waals surface area contributed by atoms with Crippen molar-refractivity contribution >= 4 is 35.2 Å². The van der Waals surface area contributed by atoms with E-state index in [9.17, 15) is 14.4 Å². The first-order valence-corrected chi connectivity index (χ1v) is 5.52. The number of carboxylic acids is 1. The number of carbonyl (C=O) groups is 3. The van der Waals surface area contributed by atoms with Gasteiger partial charge >= 0.3 is 12.0 Å². The Kier molecular flexibility index (Phi) is 4.71. The Hall–Kier alpha value is -2.28. The molecule has 0 saturated carbocycles. The van der Waals surface area contributed by atoms with Crippen molar-refractivity contribution in [1.82, 2.24) is 4.90 Å². The van der Waals surface area contributed by atoms with E-state index in [0.29, 0.717) is 0 Å². The highest BCUT2D eigenvalue weighted by atomic mass is 35.5. The number of hydrogen-bond donors (Lipinski definition) is 3. The summed E-state index contributed by atoms with van der Waals surface area (Å²) in [4.78, 5) is 34.2. The maximum atomic E-state index is 11.7. The van der Waals surface area contributed by atoms with Crippen LogP contribution >= 0.6 is 11.6 Å². The van der Waals surface area contributed by atoms with Gasteiger partial charge in [-0.15, -0.1) is 0 Å². The topological polar surface area (TPSA) is 113 Å². The van der Waals surface area contributed by atoms with Crippen LogP contribution in [0.3, 0.4) is 0 Å². The number of benzene rings is 1. The summed E-state index contributed by atoms with van der Waals surface area (Å²) in [5.74, 6) is -1.80. The lowest BCUT2D eigenvalue weighted by atomic mass is 10.2. The van der Waals surface area contributed by atoms with Crippen molar-refractivity contribution in [3.63, 3.8) is 0 Å². The first kappa shape index (κ1) is 14.8. The van der Waals surface area contributed by atoms with Gasteiger partial charge in [-0.2, -0.15) is 0 Å². The van der Waals surface area contributed by atoms with E-state index in [-0.39, 0.29) is 22.8 Å². The highest BCUT2D eigenvalue weighted by Gasteiger charge is 2.14. The standard InChI is InChI=1S/C11H12ClN3O4/c1-15(5-9(13)16)11(19)14-8-4-6(10(17)18)2-3-7(8)12/h2-4H,5H2,1H3,(H2,13,16)(H,14,19)(H,17,18). The number of amides is 3. The molecule has 0 aromatic heterocycles. The lowest BCUT2D eigenvalue weighted by molar-refractivity contribution is -0.118. The molecule has 0 aliphatic carbocycles. The van der Waals surface area contributed by atoms with Gasteiger partial charge in [0.05, 0.1) is 16.3 Å². The number of nitrogens with zero attached hydrogens (tertiary/aromatic N) is 1. The number of carboxylic acid groups (broad SMARTS) is 1. The molecule has 0 heterocycles. The number of likely N-dealkylation sites (N-methyl/N-ethyl adjacent to an activating group) is 1. The number of nitrogens with one attached hydrogen (secondary N) is 1. The summed E-state index contributed by atoms with van der Waals surface area (Å²) in [5.41, 5.74) is 5.08.